The first kappa shape index (κ1) is 28.1. The summed E-state index contributed by atoms with van der Waals surface area (Å²) in [5.74, 6) is -0.224. The lowest BCUT2D eigenvalue weighted by molar-refractivity contribution is -0.137. The van der Waals surface area contributed by atoms with E-state index in [4.69, 9.17) is 21.1 Å². The molecule has 1 aliphatic heterocycles. The third-order valence-electron chi connectivity index (χ3n) is 5.74. The molecule has 39 heavy (non-hydrogen) atoms. The van der Waals surface area contributed by atoms with Gasteiger partial charge in [0.25, 0.3) is 21.8 Å². The molecule has 1 saturated heterocycles. The SMILES string of the molecule is O=C(CN(c1ccc(Cl)cc1)S(=O)(=O)c1ccccc1)N/N=C\c1ccc(OCC(=O)N2CCOCC2)cc1. The lowest BCUT2D eigenvalue weighted by Gasteiger charge is -2.26. The first-order valence-corrected chi connectivity index (χ1v) is 13.9. The Balaban J connectivity index is 1.35. The van der Waals surface area contributed by atoms with Crippen molar-refractivity contribution in [3.8, 4) is 5.75 Å². The Morgan fingerprint density at radius 2 is 1.67 bits per heavy atom. The summed E-state index contributed by atoms with van der Waals surface area (Å²) in [7, 11) is -4.03. The Hall–Kier alpha value is -3.93. The average Bonchev–Trinajstić information content (AvgIpc) is 2.97. The van der Waals surface area contributed by atoms with Crippen LogP contribution in [0.15, 0.2) is 88.9 Å². The molecule has 1 heterocycles. The van der Waals surface area contributed by atoms with Crippen LogP contribution in [0.1, 0.15) is 5.56 Å². The van der Waals surface area contributed by atoms with E-state index in [0.29, 0.717) is 42.6 Å². The topological polar surface area (TPSA) is 118 Å². The van der Waals surface area contributed by atoms with E-state index in [1.165, 1.54) is 30.5 Å². The minimum absolute atomic E-state index is 0.0465. The molecule has 10 nitrogen and oxygen atoms in total. The highest BCUT2D eigenvalue weighted by Crippen LogP contribution is 2.25. The molecule has 3 aromatic rings. The predicted octanol–water partition coefficient (Wildman–Crippen LogP) is 2.92. The van der Waals surface area contributed by atoms with E-state index in [0.717, 1.165) is 4.31 Å². The summed E-state index contributed by atoms with van der Waals surface area (Å²) in [6.45, 7) is 1.59. The van der Waals surface area contributed by atoms with Gasteiger partial charge in [-0.25, -0.2) is 13.8 Å². The number of nitrogens with one attached hydrogen (secondary N) is 1. The molecular formula is C27H27ClN4O6S. The zero-order valence-corrected chi connectivity index (χ0v) is 22.5. The molecule has 0 spiro atoms. The molecule has 12 heteroatoms. The molecule has 1 aliphatic rings. The molecule has 0 aliphatic carbocycles. The maximum absolute atomic E-state index is 13.3. The number of carbonyl (C=O) groups is 2. The van der Waals surface area contributed by atoms with Gasteiger partial charge in [-0.2, -0.15) is 5.10 Å². The molecule has 3 aromatic carbocycles. The molecular weight excluding hydrogens is 544 g/mol. The lowest BCUT2D eigenvalue weighted by atomic mass is 10.2. The van der Waals surface area contributed by atoms with Crippen LogP contribution in [0, 0.1) is 0 Å². The maximum atomic E-state index is 13.3. The van der Waals surface area contributed by atoms with Crippen LogP contribution in [0.5, 0.6) is 5.75 Å². The van der Waals surface area contributed by atoms with Gasteiger partial charge in [0, 0.05) is 18.1 Å². The maximum Gasteiger partial charge on any atom is 0.264 e. The van der Waals surface area contributed by atoms with Crippen LogP contribution in [0.4, 0.5) is 5.69 Å². The highest BCUT2D eigenvalue weighted by Gasteiger charge is 2.27. The van der Waals surface area contributed by atoms with E-state index in [1.54, 1.807) is 59.5 Å². The third kappa shape index (κ3) is 7.79. The molecule has 1 fully saturated rings. The largest absolute Gasteiger partial charge is 0.484 e. The number of rotatable bonds is 10. The molecule has 1 N–H and O–H groups in total. The van der Waals surface area contributed by atoms with Crippen LogP contribution >= 0.6 is 11.6 Å². The van der Waals surface area contributed by atoms with Gasteiger partial charge in [-0.1, -0.05) is 29.8 Å². The average molecular weight is 571 g/mol. The third-order valence-corrected chi connectivity index (χ3v) is 7.78. The zero-order chi connectivity index (χ0) is 27.7. The van der Waals surface area contributed by atoms with Crippen molar-refractivity contribution < 1.29 is 27.5 Å². The number of nitrogens with zero attached hydrogens (tertiary/aromatic N) is 3. The smallest absolute Gasteiger partial charge is 0.264 e. The molecule has 4 rings (SSSR count). The van der Waals surface area contributed by atoms with E-state index < -0.39 is 22.5 Å². The van der Waals surface area contributed by atoms with E-state index in [-0.39, 0.29) is 23.1 Å². The number of morpholine rings is 1. The van der Waals surface area contributed by atoms with Crippen molar-refractivity contribution in [1.82, 2.24) is 10.3 Å². The van der Waals surface area contributed by atoms with Crippen LogP contribution in [0.25, 0.3) is 0 Å². The van der Waals surface area contributed by atoms with Crippen molar-refractivity contribution in [3.63, 3.8) is 0 Å². The predicted molar refractivity (Wildman–Crippen MR) is 147 cm³/mol. The minimum Gasteiger partial charge on any atom is -0.484 e. The van der Waals surface area contributed by atoms with Gasteiger partial charge in [0.15, 0.2) is 6.61 Å². The molecule has 0 saturated carbocycles. The van der Waals surface area contributed by atoms with Gasteiger partial charge in [0.2, 0.25) is 0 Å². The Morgan fingerprint density at radius 1 is 1.00 bits per heavy atom. The van der Waals surface area contributed by atoms with E-state index in [9.17, 15) is 18.0 Å². The van der Waals surface area contributed by atoms with Crippen molar-refractivity contribution in [1.29, 1.82) is 0 Å². The summed E-state index contributed by atoms with van der Waals surface area (Å²) in [4.78, 5) is 26.6. The number of hydrogen-bond donors (Lipinski definition) is 1. The van der Waals surface area contributed by atoms with Crippen LogP contribution in [0.3, 0.4) is 0 Å². The second-order valence-corrected chi connectivity index (χ2v) is 10.7. The van der Waals surface area contributed by atoms with Gasteiger partial charge in [-0.3, -0.25) is 13.9 Å². The van der Waals surface area contributed by atoms with E-state index in [1.807, 2.05) is 0 Å². The van der Waals surface area contributed by atoms with Crippen molar-refractivity contribution in [2.24, 2.45) is 5.10 Å². The Labute approximate surface area is 231 Å². The van der Waals surface area contributed by atoms with Gasteiger partial charge in [0.1, 0.15) is 12.3 Å². The fraction of sp³-hybridized carbons (Fsp3) is 0.222. The highest BCUT2D eigenvalue weighted by molar-refractivity contribution is 7.92. The van der Waals surface area contributed by atoms with Crippen molar-refractivity contribution in [2.45, 2.75) is 4.90 Å². The second-order valence-electron chi connectivity index (χ2n) is 8.45. The number of hydrogen-bond acceptors (Lipinski definition) is 7. The normalized spacial score (nSPS) is 13.7. The number of ether oxygens (including phenoxy) is 2. The number of halogens is 1. The summed E-state index contributed by atoms with van der Waals surface area (Å²) in [5, 5.41) is 4.38. The van der Waals surface area contributed by atoms with Gasteiger partial charge < -0.3 is 14.4 Å². The summed E-state index contributed by atoms with van der Waals surface area (Å²) < 4.78 is 38.4. The number of benzene rings is 3. The number of sulfonamides is 1. The van der Waals surface area contributed by atoms with Gasteiger partial charge in [-0.15, -0.1) is 0 Å². The first-order chi connectivity index (χ1) is 18.8. The molecule has 0 aromatic heterocycles. The summed E-state index contributed by atoms with van der Waals surface area (Å²) in [5.41, 5.74) is 3.31. The second kappa shape index (κ2) is 13.2. The molecule has 0 unspecified atom stereocenters. The molecule has 204 valence electrons. The molecule has 0 bridgehead atoms. The van der Waals surface area contributed by atoms with Gasteiger partial charge in [0.05, 0.1) is 30.0 Å². The van der Waals surface area contributed by atoms with Crippen LogP contribution < -0.4 is 14.5 Å². The highest BCUT2D eigenvalue weighted by atomic mass is 35.5. The number of amides is 2. The number of hydrazone groups is 1. The number of carbonyl (C=O) groups excluding carboxylic acids is 2. The van der Waals surface area contributed by atoms with Crippen molar-refractivity contribution in [3.05, 3.63) is 89.4 Å². The standard InChI is InChI=1S/C27H27ClN4O6S/c28-22-8-10-23(11-9-22)32(39(35,36)25-4-2-1-3-5-25)19-26(33)30-29-18-21-6-12-24(13-7-21)38-20-27(34)31-14-16-37-17-15-31/h1-13,18H,14-17,19-20H2,(H,30,33)/b29-18-. The Kier molecular flexibility index (Phi) is 9.53. The molecule has 0 atom stereocenters. The molecule has 0 radical (unpaired) electrons. The lowest BCUT2D eigenvalue weighted by Crippen LogP contribution is -2.42. The monoisotopic (exact) mass is 570 g/mol. The summed E-state index contributed by atoms with van der Waals surface area (Å²) >= 11 is 5.96. The Bertz CT molecular complexity index is 1390. The minimum atomic E-state index is -4.03. The van der Waals surface area contributed by atoms with E-state index >= 15 is 0 Å². The van der Waals surface area contributed by atoms with Crippen molar-refractivity contribution >= 4 is 45.3 Å². The Morgan fingerprint density at radius 3 is 2.33 bits per heavy atom. The summed E-state index contributed by atoms with van der Waals surface area (Å²) in [6.07, 6.45) is 1.42. The molecule has 2 amide bonds. The summed E-state index contributed by atoms with van der Waals surface area (Å²) in [6, 6.07) is 20.8. The number of anilines is 1. The zero-order valence-electron chi connectivity index (χ0n) is 20.9. The van der Waals surface area contributed by atoms with Crippen LogP contribution in [-0.2, 0) is 24.3 Å². The van der Waals surface area contributed by atoms with E-state index in [2.05, 4.69) is 10.5 Å². The first-order valence-electron chi connectivity index (χ1n) is 12.1. The van der Waals surface area contributed by atoms with Crippen molar-refractivity contribution in [2.75, 3.05) is 43.8 Å². The fourth-order valence-corrected chi connectivity index (χ4v) is 5.25. The van der Waals surface area contributed by atoms with Gasteiger partial charge >= 0.3 is 0 Å². The van der Waals surface area contributed by atoms with Gasteiger partial charge in [-0.05, 0) is 66.2 Å². The quantitative estimate of drug-likeness (QED) is 0.296. The van der Waals surface area contributed by atoms with Crippen LogP contribution in [-0.4, -0.2) is 70.8 Å². The van der Waals surface area contributed by atoms with Crippen LogP contribution in [0.2, 0.25) is 5.02 Å². The fourth-order valence-electron chi connectivity index (χ4n) is 3.69.